The van der Waals surface area contributed by atoms with E-state index in [0.29, 0.717) is 0 Å². The van der Waals surface area contributed by atoms with E-state index in [1.165, 1.54) is 5.56 Å². The minimum absolute atomic E-state index is 0.739. The number of anilines is 3. The zero-order valence-electron chi connectivity index (χ0n) is 10.9. The Bertz CT molecular complexity index is 564. The zero-order valence-corrected chi connectivity index (χ0v) is 10.9. The van der Waals surface area contributed by atoms with Crippen LogP contribution in [0.15, 0.2) is 36.4 Å². The van der Waals surface area contributed by atoms with Gasteiger partial charge in [0, 0.05) is 11.8 Å². The number of nitrogens with one attached hydrogen (secondary N) is 1. The van der Waals surface area contributed by atoms with Gasteiger partial charge < -0.3 is 15.8 Å². The van der Waals surface area contributed by atoms with Gasteiger partial charge in [0.15, 0.2) is 0 Å². The molecule has 2 rings (SSSR count). The molecule has 0 unspecified atom stereocenters. The van der Waals surface area contributed by atoms with Gasteiger partial charge in [0.1, 0.15) is 5.75 Å². The Labute approximate surface area is 108 Å². The lowest BCUT2D eigenvalue weighted by molar-refractivity contribution is 0.415. The fourth-order valence-electron chi connectivity index (χ4n) is 1.79. The van der Waals surface area contributed by atoms with Crippen LogP contribution in [-0.2, 0) is 0 Å². The summed E-state index contributed by atoms with van der Waals surface area (Å²) in [4.78, 5) is 0. The summed E-state index contributed by atoms with van der Waals surface area (Å²) < 4.78 is 5.23. The number of nitrogens with two attached hydrogens (primary N) is 1. The van der Waals surface area contributed by atoms with Gasteiger partial charge in [0.05, 0.1) is 18.5 Å². The second kappa shape index (κ2) is 5.00. The summed E-state index contributed by atoms with van der Waals surface area (Å²) in [5.74, 6) is 0.828. The number of ether oxygens (including phenoxy) is 1. The molecule has 0 spiro atoms. The molecule has 0 amide bonds. The van der Waals surface area contributed by atoms with Crippen molar-refractivity contribution in [2.24, 2.45) is 0 Å². The second-order valence-corrected chi connectivity index (χ2v) is 4.40. The largest absolute Gasteiger partial charge is 0.497 e. The average Bonchev–Trinajstić information content (AvgIpc) is 2.36. The van der Waals surface area contributed by atoms with E-state index in [1.54, 1.807) is 7.11 Å². The predicted molar refractivity (Wildman–Crippen MR) is 76.6 cm³/mol. The highest BCUT2D eigenvalue weighted by molar-refractivity contribution is 5.75. The number of rotatable bonds is 3. The van der Waals surface area contributed by atoms with Crippen molar-refractivity contribution in [1.82, 2.24) is 0 Å². The highest BCUT2D eigenvalue weighted by Gasteiger charge is 2.04. The first-order valence-corrected chi connectivity index (χ1v) is 5.88. The van der Waals surface area contributed by atoms with Crippen LogP contribution in [0.25, 0.3) is 0 Å². The highest BCUT2D eigenvalue weighted by Crippen LogP contribution is 2.28. The molecular formula is C15H18N2O. The molecular weight excluding hydrogens is 224 g/mol. The molecule has 3 heteroatoms. The number of hydrogen-bond donors (Lipinski definition) is 2. The molecule has 3 N–H and O–H groups in total. The number of methoxy groups -OCH3 is 1. The first kappa shape index (κ1) is 12.3. The van der Waals surface area contributed by atoms with Crippen molar-refractivity contribution in [2.75, 3.05) is 18.2 Å². The summed E-state index contributed by atoms with van der Waals surface area (Å²) >= 11 is 0. The average molecular weight is 242 g/mol. The molecule has 2 aromatic rings. The van der Waals surface area contributed by atoms with Gasteiger partial charge in [-0.15, -0.1) is 0 Å². The highest BCUT2D eigenvalue weighted by atomic mass is 16.5. The smallest absolute Gasteiger partial charge is 0.120 e. The van der Waals surface area contributed by atoms with Gasteiger partial charge in [-0.3, -0.25) is 0 Å². The van der Waals surface area contributed by atoms with Crippen LogP contribution in [0.3, 0.4) is 0 Å². The van der Waals surface area contributed by atoms with Crippen molar-refractivity contribution < 1.29 is 4.74 Å². The van der Waals surface area contributed by atoms with Crippen LogP contribution in [0.4, 0.5) is 17.1 Å². The third-order valence-electron chi connectivity index (χ3n) is 2.92. The zero-order chi connectivity index (χ0) is 13.1. The molecule has 0 heterocycles. The molecule has 0 saturated carbocycles. The molecule has 0 saturated heterocycles. The predicted octanol–water partition coefficient (Wildman–Crippen LogP) is 3.64. The van der Waals surface area contributed by atoms with Crippen molar-refractivity contribution in [2.45, 2.75) is 13.8 Å². The standard InChI is InChI=1S/C15H18N2O/c1-10-4-7-13(16)15(8-10)17-14-9-12(18-3)6-5-11(14)2/h4-9,17H,16H2,1-3H3. The van der Waals surface area contributed by atoms with E-state index >= 15 is 0 Å². The Hall–Kier alpha value is -2.16. The Morgan fingerprint density at radius 3 is 2.50 bits per heavy atom. The lowest BCUT2D eigenvalue weighted by Crippen LogP contribution is -1.98. The Balaban J connectivity index is 2.36. The molecule has 0 radical (unpaired) electrons. The van der Waals surface area contributed by atoms with Gasteiger partial charge in [-0.2, -0.15) is 0 Å². The van der Waals surface area contributed by atoms with Gasteiger partial charge in [-0.1, -0.05) is 12.1 Å². The molecule has 3 nitrogen and oxygen atoms in total. The van der Waals surface area contributed by atoms with E-state index < -0.39 is 0 Å². The van der Waals surface area contributed by atoms with Crippen LogP contribution in [0, 0.1) is 13.8 Å². The van der Waals surface area contributed by atoms with E-state index in [1.807, 2.05) is 50.2 Å². The Morgan fingerprint density at radius 1 is 1.00 bits per heavy atom. The van der Waals surface area contributed by atoms with Gasteiger partial charge in [-0.05, 0) is 43.2 Å². The topological polar surface area (TPSA) is 47.3 Å². The minimum atomic E-state index is 0.739. The van der Waals surface area contributed by atoms with Crippen molar-refractivity contribution in [1.29, 1.82) is 0 Å². The lowest BCUT2D eigenvalue weighted by atomic mass is 10.1. The van der Waals surface area contributed by atoms with Crippen LogP contribution in [0.1, 0.15) is 11.1 Å². The molecule has 2 aromatic carbocycles. The van der Waals surface area contributed by atoms with Gasteiger partial charge in [0.2, 0.25) is 0 Å². The fourth-order valence-corrected chi connectivity index (χ4v) is 1.79. The van der Waals surface area contributed by atoms with Gasteiger partial charge in [0.25, 0.3) is 0 Å². The van der Waals surface area contributed by atoms with E-state index in [9.17, 15) is 0 Å². The third-order valence-corrected chi connectivity index (χ3v) is 2.92. The van der Waals surface area contributed by atoms with Crippen molar-refractivity contribution in [3.8, 4) is 5.75 Å². The number of hydrogen-bond acceptors (Lipinski definition) is 3. The quantitative estimate of drug-likeness (QED) is 0.808. The maximum atomic E-state index is 5.96. The van der Waals surface area contributed by atoms with E-state index in [-0.39, 0.29) is 0 Å². The van der Waals surface area contributed by atoms with E-state index in [4.69, 9.17) is 10.5 Å². The lowest BCUT2D eigenvalue weighted by Gasteiger charge is -2.13. The van der Waals surface area contributed by atoms with E-state index in [0.717, 1.165) is 28.4 Å². The molecule has 0 bridgehead atoms. The third kappa shape index (κ3) is 2.56. The first-order valence-electron chi connectivity index (χ1n) is 5.88. The summed E-state index contributed by atoms with van der Waals surface area (Å²) in [6, 6.07) is 11.9. The van der Waals surface area contributed by atoms with Crippen molar-refractivity contribution >= 4 is 17.1 Å². The van der Waals surface area contributed by atoms with Crippen molar-refractivity contribution in [3.63, 3.8) is 0 Å². The molecule has 94 valence electrons. The van der Waals surface area contributed by atoms with Gasteiger partial charge >= 0.3 is 0 Å². The maximum absolute atomic E-state index is 5.96. The van der Waals surface area contributed by atoms with Crippen LogP contribution in [0.2, 0.25) is 0 Å². The van der Waals surface area contributed by atoms with Gasteiger partial charge in [-0.25, -0.2) is 0 Å². The van der Waals surface area contributed by atoms with Crippen molar-refractivity contribution in [3.05, 3.63) is 47.5 Å². The van der Waals surface area contributed by atoms with Crippen LogP contribution in [0.5, 0.6) is 5.75 Å². The maximum Gasteiger partial charge on any atom is 0.120 e. The number of aryl methyl sites for hydroxylation is 2. The molecule has 0 aliphatic rings. The van der Waals surface area contributed by atoms with Crippen LogP contribution < -0.4 is 15.8 Å². The summed E-state index contributed by atoms with van der Waals surface area (Å²) in [6.07, 6.45) is 0. The normalized spacial score (nSPS) is 10.2. The minimum Gasteiger partial charge on any atom is -0.497 e. The Morgan fingerprint density at radius 2 is 1.78 bits per heavy atom. The van der Waals surface area contributed by atoms with Crippen LogP contribution >= 0.6 is 0 Å². The summed E-state index contributed by atoms with van der Waals surface area (Å²) in [5.41, 5.74) is 11.0. The SMILES string of the molecule is COc1ccc(C)c(Nc2cc(C)ccc2N)c1. The summed E-state index contributed by atoms with van der Waals surface area (Å²) in [5, 5.41) is 3.35. The first-order chi connectivity index (χ1) is 8.60. The molecule has 0 atom stereocenters. The molecule has 0 aliphatic heterocycles. The van der Waals surface area contributed by atoms with E-state index in [2.05, 4.69) is 5.32 Å². The van der Waals surface area contributed by atoms with Crippen LogP contribution in [-0.4, -0.2) is 7.11 Å². The number of benzene rings is 2. The fraction of sp³-hybridized carbons (Fsp3) is 0.200. The molecule has 0 aliphatic carbocycles. The second-order valence-electron chi connectivity index (χ2n) is 4.40. The monoisotopic (exact) mass is 242 g/mol. The summed E-state index contributed by atoms with van der Waals surface area (Å²) in [6.45, 7) is 4.09. The number of nitrogen functional groups attached to an aromatic ring is 1. The molecule has 18 heavy (non-hydrogen) atoms. The molecule has 0 aromatic heterocycles. The Kier molecular flexibility index (Phi) is 3.42. The summed E-state index contributed by atoms with van der Waals surface area (Å²) in [7, 11) is 1.66. The molecule has 0 fully saturated rings.